The highest BCUT2D eigenvalue weighted by Crippen LogP contribution is 2.16. The van der Waals surface area contributed by atoms with Crippen LogP contribution >= 0.6 is 0 Å². The first kappa shape index (κ1) is 16.5. The van der Waals surface area contributed by atoms with E-state index in [4.69, 9.17) is 0 Å². The van der Waals surface area contributed by atoms with Crippen molar-refractivity contribution in [2.45, 2.75) is 20.3 Å². The molecule has 2 rings (SSSR count). The number of benzene rings is 2. The highest BCUT2D eigenvalue weighted by atomic mass is 16.2. The summed E-state index contributed by atoms with van der Waals surface area (Å²) in [6.45, 7) is 3.70. The van der Waals surface area contributed by atoms with Gasteiger partial charge in [-0.3, -0.25) is 9.59 Å². The van der Waals surface area contributed by atoms with Gasteiger partial charge >= 0.3 is 0 Å². The Kier molecular flexibility index (Phi) is 5.74. The molecule has 23 heavy (non-hydrogen) atoms. The number of rotatable bonds is 6. The first-order valence-corrected chi connectivity index (χ1v) is 7.57. The minimum absolute atomic E-state index is 0.143. The summed E-state index contributed by atoms with van der Waals surface area (Å²) < 4.78 is 0. The van der Waals surface area contributed by atoms with Gasteiger partial charge in [-0.15, -0.1) is 0 Å². The van der Waals surface area contributed by atoms with Crippen molar-refractivity contribution in [2.75, 3.05) is 22.5 Å². The Morgan fingerprint density at radius 1 is 0.957 bits per heavy atom. The number of aryl methyl sites for hydroxylation is 1. The number of hydrogen-bond donors (Lipinski definition) is 3. The number of carbonyl (C=O) groups is 2. The smallest absolute Gasteiger partial charge is 0.243 e. The number of nitrogens with one attached hydrogen (secondary N) is 3. The molecule has 0 saturated carbocycles. The molecule has 5 nitrogen and oxygen atoms in total. The lowest BCUT2D eigenvalue weighted by Gasteiger charge is -2.11. The summed E-state index contributed by atoms with van der Waals surface area (Å²) in [5.41, 5.74) is 3.44. The molecule has 0 aromatic heterocycles. The van der Waals surface area contributed by atoms with Gasteiger partial charge in [0, 0.05) is 24.0 Å². The molecule has 2 aromatic carbocycles. The van der Waals surface area contributed by atoms with E-state index in [0.717, 1.165) is 12.1 Å². The van der Waals surface area contributed by atoms with E-state index in [1.807, 2.05) is 24.3 Å². The summed E-state index contributed by atoms with van der Waals surface area (Å²) in [5.74, 6) is -0.290. The van der Waals surface area contributed by atoms with E-state index >= 15 is 0 Å². The molecule has 0 unspecified atom stereocenters. The maximum Gasteiger partial charge on any atom is 0.243 e. The largest absolute Gasteiger partial charge is 0.376 e. The third kappa shape index (κ3) is 5.14. The van der Waals surface area contributed by atoms with E-state index in [9.17, 15) is 9.59 Å². The van der Waals surface area contributed by atoms with Crippen LogP contribution < -0.4 is 16.0 Å². The molecule has 2 aromatic rings. The Bertz CT molecular complexity index is 698. The summed E-state index contributed by atoms with van der Waals surface area (Å²) >= 11 is 0. The molecule has 0 fully saturated rings. The van der Waals surface area contributed by atoms with Crippen molar-refractivity contribution < 1.29 is 9.59 Å². The van der Waals surface area contributed by atoms with Gasteiger partial charge in [-0.25, -0.2) is 0 Å². The van der Waals surface area contributed by atoms with Crippen LogP contribution in [0.15, 0.2) is 48.5 Å². The highest BCUT2D eigenvalue weighted by Gasteiger charge is 2.05. The van der Waals surface area contributed by atoms with Gasteiger partial charge in [-0.2, -0.15) is 0 Å². The van der Waals surface area contributed by atoms with Crippen molar-refractivity contribution in [3.05, 3.63) is 54.1 Å². The number of anilines is 3. The lowest BCUT2D eigenvalue weighted by atomic mass is 10.1. The van der Waals surface area contributed by atoms with Gasteiger partial charge in [0.2, 0.25) is 11.8 Å². The van der Waals surface area contributed by atoms with Crippen LogP contribution in [0.25, 0.3) is 0 Å². The van der Waals surface area contributed by atoms with Crippen molar-refractivity contribution in [1.29, 1.82) is 0 Å². The van der Waals surface area contributed by atoms with Gasteiger partial charge in [0.15, 0.2) is 0 Å². The SMILES string of the molecule is CCc1ccccc1NCC(=O)Nc1cccc(NC(C)=O)c1. The maximum absolute atomic E-state index is 12.1. The fourth-order valence-corrected chi connectivity index (χ4v) is 2.26. The van der Waals surface area contributed by atoms with Crippen LogP contribution in [0.5, 0.6) is 0 Å². The molecule has 0 heterocycles. The molecule has 0 aliphatic rings. The average Bonchev–Trinajstić information content (AvgIpc) is 2.53. The molecule has 0 atom stereocenters. The third-order valence-corrected chi connectivity index (χ3v) is 3.30. The van der Waals surface area contributed by atoms with Crippen LogP contribution in [0.3, 0.4) is 0 Å². The Hall–Kier alpha value is -2.82. The van der Waals surface area contributed by atoms with Gasteiger partial charge in [0.25, 0.3) is 0 Å². The van der Waals surface area contributed by atoms with Gasteiger partial charge in [0.1, 0.15) is 0 Å². The fraction of sp³-hybridized carbons (Fsp3) is 0.222. The number of carbonyl (C=O) groups excluding carboxylic acids is 2. The molecule has 0 aliphatic carbocycles. The Morgan fingerprint density at radius 3 is 2.35 bits per heavy atom. The summed E-state index contributed by atoms with van der Waals surface area (Å²) in [6.07, 6.45) is 0.906. The second-order valence-electron chi connectivity index (χ2n) is 5.17. The molecule has 5 heteroatoms. The second-order valence-corrected chi connectivity index (χ2v) is 5.17. The molecule has 3 N–H and O–H groups in total. The van der Waals surface area contributed by atoms with Crippen LogP contribution in [0, 0.1) is 0 Å². The van der Waals surface area contributed by atoms with Crippen LogP contribution in [0.1, 0.15) is 19.4 Å². The van der Waals surface area contributed by atoms with E-state index in [0.29, 0.717) is 11.4 Å². The predicted molar refractivity (Wildman–Crippen MR) is 93.7 cm³/mol. The van der Waals surface area contributed by atoms with Crippen LogP contribution in [-0.4, -0.2) is 18.4 Å². The molecule has 120 valence electrons. The molecule has 2 amide bonds. The van der Waals surface area contributed by atoms with Gasteiger partial charge in [0.05, 0.1) is 6.54 Å². The van der Waals surface area contributed by atoms with E-state index in [1.165, 1.54) is 12.5 Å². The molecule has 0 spiro atoms. The number of para-hydroxylation sites is 1. The fourth-order valence-electron chi connectivity index (χ4n) is 2.26. The van der Waals surface area contributed by atoms with Crippen molar-refractivity contribution >= 4 is 28.9 Å². The maximum atomic E-state index is 12.1. The predicted octanol–water partition coefficient (Wildman–Crippen LogP) is 3.26. The first-order valence-electron chi connectivity index (χ1n) is 7.57. The normalized spacial score (nSPS) is 10.0. The van der Waals surface area contributed by atoms with Crippen molar-refractivity contribution in [1.82, 2.24) is 0 Å². The lowest BCUT2D eigenvalue weighted by molar-refractivity contribution is -0.115. The number of hydrogen-bond acceptors (Lipinski definition) is 3. The van der Waals surface area contributed by atoms with Crippen molar-refractivity contribution in [3.8, 4) is 0 Å². The minimum Gasteiger partial charge on any atom is -0.376 e. The quantitative estimate of drug-likeness (QED) is 0.767. The van der Waals surface area contributed by atoms with E-state index in [1.54, 1.807) is 24.3 Å². The van der Waals surface area contributed by atoms with Crippen LogP contribution in [0.4, 0.5) is 17.1 Å². The minimum atomic E-state index is -0.147. The molecule has 0 bridgehead atoms. The zero-order valence-corrected chi connectivity index (χ0v) is 13.3. The average molecular weight is 311 g/mol. The molecule has 0 saturated heterocycles. The van der Waals surface area contributed by atoms with Crippen molar-refractivity contribution in [2.24, 2.45) is 0 Å². The summed E-state index contributed by atoms with van der Waals surface area (Å²) in [6, 6.07) is 15.0. The third-order valence-electron chi connectivity index (χ3n) is 3.30. The second kappa shape index (κ2) is 7.98. The van der Waals surface area contributed by atoms with E-state index in [2.05, 4.69) is 22.9 Å². The van der Waals surface area contributed by atoms with Gasteiger partial charge < -0.3 is 16.0 Å². The van der Waals surface area contributed by atoms with Crippen molar-refractivity contribution in [3.63, 3.8) is 0 Å². The molecular formula is C18H21N3O2. The highest BCUT2D eigenvalue weighted by molar-refractivity contribution is 5.95. The molecule has 0 radical (unpaired) electrons. The number of amides is 2. The zero-order chi connectivity index (χ0) is 16.7. The Balaban J connectivity index is 1.93. The van der Waals surface area contributed by atoms with Gasteiger partial charge in [-0.05, 0) is 36.2 Å². The Labute approximate surface area is 136 Å². The zero-order valence-electron chi connectivity index (χ0n) is 13.3. The van der Waals surface area contributed by atoms with E-state index < -0.39 is 0 Å². The molecular weight excluding hydrogens is 290 g/mol. The molecule has 0 aliphatic heterocycles. The van der Waals surface area contributed by atoms with E-state index in [-0.39, 0.29) is 18.4 Å². The standard InChI is InChI=1S/C18H21N3O2/c1-3-14-7-4-5-10-17(14)19-12-18(23)21-16-9-6-8-15(11-16)20-13(2)22/h4-11,19H,3,12H2,1-2H3,(H,20,22)(H,21,23). The van der Waals surface area contributed by atoms with Crippen LogP contribution in [0.2, 0.25) is 0 Å². The Morgan fingerprint density at radius 2 is 1.65 bits per heavy atom. The summed E-state index contributed by atoms with van der Waals surface area (Å²) in [7, 11) is 0. The van der Waals surface area contributed by atoms with Gasteiger partial charge in [-0.1, -0.05) is 31.2 Å². The monoisotopic (exact) mass is 311 g/mol. The lowest BCUT2D eigenvalue weighted by Crippen LogP contribution is -2.22. The van der Waals surface area contributed by atoms with Crippen LogP contribution in [-0.2, 0) is 16.0 Å². The first-order chi connectivity index (χ1) is 11.1. The summed E-state index contributed by atoms with van der Waals surface area (Å²) in [4.78, 5) is 23.1. The summed E-state index contributed by atoms with van der Waals surface area (Å²) in [5, 5.41) is 8.65. The topological polar surface area (TPSA) is 70.2 Å².